The molecule has 0 fully saturated rings. The van der Waals surface area contributed by atoms with Crippen LogP contribution in [0.3, 0.4) is 0 Å². The molecular weight excluding hydrogens is 516 g/mol. The quantitative estimate of drug-likeness (QED) is 0.294. The first-order valence-electron chi connectivity index (χ1n) is 12.9. The molecule has 0 saturated heterocycles. The van der Waals surface area contributed by atoms with Crippen LogP contribution in [0.4, 0.5) is 4.79 Å². The molecule has 0 spiro atoms. The fourth-order valence-corrected chi connectivity index (χ4v) is 4.87. The van der Waals surface area contributed by atoms with E-state index in [1.807, 2.05) is 67.1 Å². The lowest BCUT2D eigenvalue weighted by Gasteiger charge is -2.22. The van der Waals surface area contributed by atoms with Gasteiger partial charge < -0.3 is 15.1 Å². The van der Waals surface area contributed by atoms with E-state index in [-0.39, 0.29) is 12.5 Å². The number of sulfonamides is 1. The van der Waals surface area contributed by atoms with E-state index in [0.29, 0.717) is 36.9 Å². The third-order valence-corrected chi connectivity index (χ3v) is 6.84. The minimum atomic E-state index is -3.67. The summed E-state index contributed by atoms with van der Waals surface area (Å²) in [6.07, 6.45) is 0.912. The Balaban J connectivity index is 1.65. The lowest BCUT2D eigenvalue weighted by molar-refractivity contribution is 0.0962. The van der Waals surface area contributed by atoms with Crippen molar-refractivity contribution in [2.75, 3.05) is 19.3 Å². The Bertz CT molecular complexity index is 1370. The van der Waals surface area contributed by atoms with Gasteiger partial charge in [0, 0.05) is 12.1 Å². The van der Waals surface area contributed by atoms with Crippen LogP contribution in [0.25, 0.3) is 11.1 Å². The van der Waals surface area contributed by atoms with Crippen molar-refractivity contribution in [2.24, 2.45) is 5.92 Å². The molecule has 0 aromatic heterocycles. The first kappa shape index (κ1) is 29.9. The first-order chi connectivity index (χ1) is 18.4. The molecule has 0 heterocycles. The topological polar surface area (TPSA) is 124 Å². The predicted octanol–water partition coefficient (Wildman–Crippen LogP) is 4.89. The van der Waals surface area contributed by atoms with Crippen LogP contribution in [0.15, 0.2) is 72.8 Å². The van der Waals surface area contributed by atoms with E-state index >= 15 is 0 Å². The SMILES string of the molecule is CC(C)Cc1cc(-c2ccc(CCCN(C[C@H](O)c3ccccc3)C(=O)O)cc2)ccc1C(=O)NS(C)(=O)=O. The summed E-state index contributed by atoms with van der Waals surface area (Å²) in [6.45, 7) is 4.38. The summed E-state index contributed by atoms with van der Waals surface area (Å²) in [5.74, 6) is -0.367. The number of nitrogens with one attached hydrogen (secondary N) is 1. The molecule has 0 aliphatic rings. The number of carbonyl (C=O) groups excluding carboxylic acids is 1. The summed E-state index contributed by atoms with van der Waals surface area (Å²) in [7, 11) is -3.67. The third-order valence-electron chi connectivity index (χ3n) is 6.29. The van der Waals surface area contributed by atoms with Gasteiger partial charge in [-0.2, -0.15) is 0 Å². The maximum atomic E-state index is 12.5. The molecule has 0 aliphatic carbocycles. The number of carboxylic acid groups (broad SMARTS) is 1. The van der Waals surface area contributed by atoms with Crippen LogP contribution in [0, 0.1) is 5.92 Å². The second kappa shape index (κ2) is 13.4. The average molecular weight is 553 g/mol. The molecule has 3 N–H and O–H groups in total. The van der Waals surface area contributed by atoms with Gasteiger partial charge in [0.2, 0.25) is 10.0 Å². The molecule has 39 heavy (non-hydrogen) atoms. The molecule has 3 rings (SSSR count). The average Bonchev–Trinajstić information content (AvgIpc) is 2.87. The van der Waals surface area contributed by atoms with E-state index in [2.05, 4.69) is 0 Å². The van der Waals surface area contributed by atoms with Gasteiger partial charge in [-0.1, -0.05) is 80.6 Å². The zero-order valence-electron chi connectivity index (χ0n) is 22.5. The zero-order valence-corrected chi connectivity index (χ0v) is 23.3. The van der Waals surface area contributed by atoms with Gasteiger partial charge in [-0.15, -0.1) is 0 Å². The number of aryl methyl sites for hydroxylation is 1. The van der Waals surface area contributed by atoms with Crippen molar-refractivity contribution < 1.29 is 28.2 Å². The van der Waals surface area contributed by atoms with Gasteiger partial charge in [0.1, 0.15) is 0 Å². The first-order valence-corrected chi connectivity index (χ1v) is 14.8. The fraction of sp³-hybridized carbons (Fsp3) is 0.333. The largest absolute Gasteiger partial charge is 0.465 e. The summed E-state index contributed by atoms with van der Waals surface area (Å²) in [6, 6.07) is 22.3. The Morgan fingerprint density at radius 3 is 2.18 bits per heavy atom. The van der Waals surface area contributed by atoms with Crippen LogP contribution in [0.2, 0.25) is 0 Å². The molecule has 0 saturated carbocycles. The summed E-state index contributed by atoms with van der Waals surface area (Å²) in [4.78, 5) is 25.5. The van der Waals surface area contributed by atoms with Gasteiger partial charge in [0.15, 0.2) is 0 Å². The van der Waals surface area contributed by atoms with E-state index in [0.717, 1.165) is 28.5 Å². The zero-order chi connectivity index (χ0) is 28.6. The Labute approximate surface area is 230 Å². The number of carbonyl (C=O) groups is 2. The standard InChI is InChI=1S/C30H36N2O6S/c1-21(2)18-26-19-25(15-16-27(26)29(34)31-39(3,37)38)23-13-11-22(12-14-23)8-7-17-32(30(35)36)20-28(33)24-9-5-4-6-10-24/h4-6,9-16,19,21,28,33H,7-8,17-18,20H2,1-3H3,(H,31,34)(H,35,36)/t28-/m0/s1. The second-order valence-corrected chi connectivity index (χ2v) is 11.9. The Hall–Kier alpha value is -3.69. The minimum Gasteiger partial charge on any atom is -0.465 e. The van der Waals surface area contributed by atoms with Crippen molar-refractivity contribution in [1.29, 1.82) is 0 Å². The Morgan fingerprint density at radius 1 is 0.949 bits per heavy atom. The van der Waals surface area contributed by atoms with E-state index in [4.69, 9.17) is 0 Å². The van der Waals surface area contributed by atoms with E-state index in [9.17, 15) is 28.2 Å². The maximum Gasteiger partial charge on any atom is 0.407 e. The van der Waals surface area contributed by atoms with Gasteiger partial charge >= 0.3 is 6.09 Å². The predicted molar refractivity (Wildman–Crippen MR) is 152 cm³/mol. The number of rotatable bonds is 12. The van der Waals surface area contributed by atoms with Crippen LogP contribution in [-0.2, 0) is 22.9 Å². The highest BCUT2D eigenvalue weighted by atomic mass is 32.2. The maximum absolute atomic E-state index is 12.5. The molecule has 2 amide bonds. The molecule has 9 heteroatoms. The summed E-state index contributed by atoms with van der Waals surface area (Å²) < 4.78 is 25.1. The second-order valence-electron chi connectivity index (χ2n) is 10.1. The molecule has 8 nitrogen and oxygen atoms in total. The normalized spacial score (nSPS) is 12.2. The number of hydrogen-bond acceptors (Lipinski definition) is 5. The minimum absolute atomic E-state index is 0.00913. The number of nitrogens with zero attached hydrogens (tertiary/aromatic N) is 1. The van der Waals surface area contributed by atoms with Crippen LogP contribution >= 0.6 is 0 Å². The Kier molecular flexibility index (Phi) is 10.3. The number of amides is 2. The summed E-state index contributed by atoms with van der Waals surface area (Å²) in [5.41, 5.74) is 4.73. The monoisotopic (exact) mass is 552 g/mol. The van der Waals surface area contributed by atoms with E-state index in [1.54, 1.807) is 24.3 Å². The molecule has 3 aromatic rings. The van der Waals surface area contributed by atoms with Crippen molar-refractivity contribution in [2.45, 2.75) is 39.2 Å². The van der Waals surface area contributed by atoms with Crippen molar-refractivity contribution >= 4 is 22.0 Å². The fourth-order valence-electron chi connectivity index (χ4n) is 4.42. The van der Waals surface area contributed by atoms with Crippen molar-refractivity contribution in [3.05, 3.63) is 95.1 Å². The van der Waals surface area contributed by atoms with Gasteiger partial charge in [0.05, 0.1) is 18.9 Å². The van der Waals surface area contributed by atoms with Crippen molar-refractivity contribution in [1.82, 2.24) is 9.62 Å². The molecule has 0 radical (unpaired) electrons. The van der Waals surface area contributed by atoms with Crippen molar-refractivity contribution in [3.63, 3.8) is 0 Å². The molecule has 3 aromatic carbocycles. The number of benzene rings is 3. The lowest BCUT2D eigenvalue weighted by Crippen LogP contribution is -2.34. The third kappa shape index (κ3) is 9.23. The highest BCUT2D eigenvalue weighted by molar-refractivity contribution is 7.89. The van der Waals surface area contributed by atoms with Crippen LogP contribution < -0.4 is 4.72 Å². The number of hydrogen-bond donors (Lipinski definition) is 3. The highest BCUT2D eigenvalue weighted by Gasteiger charge is 2.18. The lowest BCUT2D eigenvalue weighted by atomic mass is 9.93. The summed E-state index contributed by atoms with van der Waals surface area (Å²) in [5, 5.41) is 20.0. The van der Waals surface area contributed by atoms with Crippen LogP contribution in [-0.4, -0.2) is 54.9 Å². The number of aliphatic hydroxyl groups excluding tert-OH is 1. The highest BCUT2D eigenvalue weighted by Crippen LogP contribution is 2.25. The molecule has 208 valence electrons. The van der Waals surface area contributed by atoms with Crippen LogP contribution in [0.1, 0.15) is 53.4 Å². The molecular formula is C30H36N2O6S. The molecule has 0 aliphatic heterocycles. The summed E-state index contributed by atoms with van der Waals surface area (Å²) >= 11 is 0. The van der Waals surface area contributed by atoms with E-state index < -0.39 is 28.1 Å². The van der Waals surface area contributed by atoms with Crippen molar-refractivity contribution in [3.8, 4) is 11.1 Å². The Morgan fingerprint density at radius 2 is 1.59 bits per heavy atom. The number of aliphatic hydroxyl groups is 1. The van der Waals surface area contributed by atoms with Gasteiger partial charge in [0.25, 0.3) is 5.91 Å². The smallest absolute Gasteiger partial charge is 0.407 e. The van der Waals surface area contributed by atoms with Crippen LogP contribution in [0.5, 0.6) is 0 Å². The molecule has 0 unspecified atom stereocenters. The van der Waals surface area contributed by atoms with E-state index in [1.165, 1.54) is 4.90 Å². The molecule has 1 atom stereocenters. The van der Waals surface area contributed by atoms with Gasteiger partial charge in [-0.25, -0.2) is 17.9 Å². The van der Waals surface area contributed by atoms with Gasteiger partial charge in [-0.05, 0) is 59.1 Å². The molecule has 0 bridgehead atoms. The van der Waals surface area contributed by atoms with Gasteiger partial charge in [-0.3, -0.25) is 4.79 Å².